The number of thioether (sulfide) groups is 1. The van der Waals surface area contributed by atoms with Gasteiger partial charge in [-0.15, -0.1) is 0 Å². The normalized spacial score (nSPS) is 12.6. The largest absolute Gasteiger partial charge is 0.356 e. The van der Waals surface area contributed by atoms with Crippen molar-refractivity contribution < 1.29 is 9.32 Å². The van der Waals surface area contributed by atoms with Crippen molar-refractivity contribution in [3.05, 3.63) is 23.9 Å². The molecule has 1 N–H and O–H groups in total. The molecule has 0 aliphatic carbocycles. The first kappa shape index (κ1) is 13.0. The zero-order chi connectivity index (χ0) is 13.1. The highest BCUT2D eigenvalue weighted by Gasteiger charge is 2.13. The molecule has 96 valence electrons. The Kier molecular flexibility index (Phi) is 3.91. The van der Waals surface area contributed by atoms with E-state index in [1.165, 1.54) is 0 Å². The van der Waals surface area contributed by atoms with Gasteiger partial charge in [-0.05, 0) is 25.3 Å². The van der Waals surface area contributed by atoms with Crippen LogP contribution in [0, 0.1) is 12.8 Å². The molecule has 1 amide bonds. The van der Waals surface area contributed by atoms with E-state index in [2.05, 4.69) is 10.5 Å². The maximum atomic E-state index is 11.9. The fourth-order valence-corrected chi connectivity index (χ4v) is 2.38. The summed E-state index contributed by atoms with van der Waals surface area (Å²) in [6.07, 6.45) is 1.99. The number of hydrogen-bond acceptors (Lipinski definition) is 4. The number of aromatic nitrogens is 1. The van der Waals surface area contributed by atoms with Gasteiger partial charge in [-0.3, -0.25) is 4.79 Å². The van der Waals surface area contributed by atoms with E-state index >= 15 is 0 Å². The van der Waals surface area contributed by atoms with Gasteiger partial charge in [0.25, 0.3) is 0 Å². The summed E-state index contributed by atoms with van der Waals surface area (Å²) in [4.78, 5) is 11.9. The van der Waals surface area contributed by atoms with Crippen LogP contribution in [-0.2, 0) is 4.79 Å². The molecule has 1 unspecified atom stereocenters. The Morgan fingerprint density at radius 1 is 1.56 bits per heavy atom. The highest BCUT2D eigenvalue weighted by molar-refractivity contribution is 7.98. The summed E-state index contributed by atoms with van der Waals surface area (Å²) in [5.41, 5.74) is 2.30. The molecule has 0 spiro atoms. The molecule has 1 atom stereocenters. The molecule has 1 heterocycles. The van der Waals surface area contributed by atoms with Crippen LogP contribution in [0.1, 0.15) is 12.6 Å². The van der Waals surface area contributed by atoms with E-state index in [1.54, 1.807) is 17.8 Å². The molecule has 1 aromatic carbocycles. The third kappa shape index (κ3) is 2.67. The third-order valence-electron chi connectivity index (χ3n) is 2.78. The van der Waals surface area contributed by atoms with Crippen LogP contribution in [-0.4, -0.2) is 23.1 Å². The smallest absolute Gasteiger partial charge is 0.228 e. The minimum Gasteiger partial charge on any atom is -0.356 e. The van der Waals surface area contributed by atoms with E-state index in [9.17, 15) is 4.79 Å². The first-order valence-electron chi connectivity index (χ1n) is 5.77. The number of nitrogens with one attached hydrogen (secondary N) is 1. The summed E-state index contributed by atoms with van der Waals surface area (Å²) >= 11 is 1.67. The topological polar surface area (TPSA) is 55.1 Å². The predicted octanol–water partition coefficient (Wildman–Crippen LogP) is 3.07. The Hall–Kier alpha value is -1.49. The van der Waals surface area contributed by atoms with Gasteiger partial charge in [-0.25, -0.2) is 0 Å². The minimum absolute atomic E-state index is 0.00726. The van der Waals surface area contributed by atoms with Crippen LogP contribution >= 0.6 is 11.8 Å². The summed E-state index contributed by atoms with van der Waals surface area (Å²) in [6.45, 7) is 3.81. The van der Waals surface area contributed by atoms with Gasteiger partial charge in [0.05, 0.1) is 5.69 Å². The summed E-state index contributed by atoms with van der Waals surface area (Å²) in [7, 11) is 0. The molecule has 2 aromatic rings. The van der Waals surface area contributed by atoms with Crippen molar-refractivity contribution in [2.24, 2.45) is 5.92 Å². The first-order valence-corrected chi connectivity index (χ1v) is 7.17. The highest BCUT2D eigenvalue weighted by atomic mass is 32.2. The van der Waals surface area contributed by atoms with Gasteiger partial charge >= 0.3 is 0 Å². The van der Waals surface area contributed by atoms with Crippen LogP contribution in [0.3, 0.4) is 0 Å². The lowest BCUT2D eigenvalue weighted by atomic mass is 10.1. The van der Waals surface area contributed by atoms with Crippen LogP contribution < -0.4 is 5.32 Å². The van der Waals surface area contributed by atoms with Crippen molar-refractivity contribution in [1.29, 1.82) is 0 Å². The Morgan fingerprint density at radius 2 is 2.33 bits per heavy atom. The van der Waals surface area contributed by atoms with Gasteiger partial charge in [0.1, 0.15) is 0 Å². The number of carbonyl (C=O) groups excluding carboxylic acids is 1. The molecule has 0 fully saturated rings. The molecule has 0 radical (unpaired) electrons. The predicted molar refractivity (Wildman–Crippen MR) is 74.9 cm³/mol. The molecule has 18 heavy (non-hydrogen) atoms. The molecule has 5 heteroatoms. The molecule has 0 saturated heterocycles. The van der Waals surface area contributed by atoms with E-state index in [1.807, 2.05) is 32.2 Å². The number of benzene rings is 1. The van der Waals surface area contributed by atoms with Gasteiger partial charge in [0, 0.05) is 28.8 Å². The molecule has 0 aliphatic heterocycles. The quantitative estimate of drug-likeness (QED) is 0.922. The Morgan fingerprint density at radius 3 is 3.06 bits per heavy atom. The average Bonchev–Trinajstić information content (AvgIpc) is 2.71. The number of aryl methyl sites for hydroxylation is 1. The van der Waals surface area contributed by atoms with Crippen molar-refractivity contribution in [2.45, 2.75) is 13.8 Å². The van der Waals surface area contributed by atoms with E-state index < -0.39 is 0 Å². The summed E-state index contributed by atoms with van der Waals surface area (Å²) < 4.78 is 5.17. The number of anilines is 1. The monoisotopic (exact) mass is 264 g/mol. The van der Waals surface area contributed by atoms with Gasteiger partial charge in [0.15, 0.2) is 5.58 Å². The second-order valence-electron chi connectivity index (χ2n) is 4.32. The molecular weight excluding hydrogens is 248 g/mol. The van der Waals surface area contributed by atoms with Crippen molar-refractivity contribution in [1.82, 2.24) is 5.16 Å². The highest BCUT2D eigenvalue weighted by Crippen LogP contribution is 2.22. The molecule has 1 aromatic heterocycles. The Labute approximate surface area is 110 Å². The van der Waals surface area contributed by atoms with E-state index in [4.69, 9.17) is 4.52 Å². The van der Waals surface area contributed by atoms with Gasteiger partial charge in [-0.1, -0.05) is 12.1 Å². The lowest BCUT2D eigenvalue weighted by Gasteiger charge is -2.10. The SMILES string of the molecule is CSCC(C)C(=O)Nc1ccc2c(C)noc2c1. The number of fused-ring (bicyclic) bond motifs is 1. The molecule has 0 bridgehead atoms. The number of rotatable bonds is 4. The van der Waals surface area contributed by atoms with Crippen molar-refractivity contribution in [3.8, 4) is 0 Å². The van der Waals surface area contributed by atoms with Crippen LogP contribution in [0.4, 0.5) is 5.69 Å². The van der Waals surface area contributed by atoms with Gasteiger partial charge < -0.3 is 9.84 Å². The lowest BCUT2D eigenvalue weighted by Crippen LogP contribution is -2.21. The first-order chi connectivity index (χ1) is 8.61. The Balaban J connectivity index is 2.14. The van der Waals surface area contributed by atoms with Crippen LogP contribution in [0.5, 0.6) is 0 Å². The fourth-order valence-electron chi connectivity index (χ4n) is 1.73. The van der Waals surface area contributed by atoms with Crippen molar-refractivity contribution in [3.63, 3.8) is 0 Å². The maximum absolute atomic E-state index is 11.9. The standard InChI is InChI=1S/C13H16N2O2S/c1-8(7-18-3)13(16)14-10-4-5-11-9(2)15-17-12(11)6-10/h4-6,8H,7H2,1-3H3,(H,14,16). The zero-order valence-electron chi connectivity index (χ0n) is 10.7. The fraction of sp³-hybridized carbons (Fsp3) is 0.385. The summed E-state index contributed by atoms with van der Waals surface area (Å²) in [5.74, 6) is 0.835. The Bertz CT molecular complexity index is 565. The number of nitrogens with zero attached hydrogens (tertiary/aromatic N) is 1. The summed E-state index contributed by atoms with van der Waals surface area (Å²) in [6, 6.07) is 5.59. The molecule has 2 rings (SSSR count). The summed E-state index contributed by atoms with van der Waals surface area (Å²) in [5, 5.41) is 7.75. The van der Waals surface area contributed by atoms with E-state index in [0.29, 0.717) is 5.58 Å². The molecular formula is C13H16N2O2S. The second-order valence-corrected chi connectivity index (χ2v) is 5.24. The van der Waals surface area contributed by atoms with Crippen molar-refractivity contribution in [2.75, 3.05) is 17.3 Å². The number of carbonyl (C=O) groups is 1. The third-order valence-corrected chi connectivity index (χ3v) is 3.62. The zero-order valence-corrected chi connectivity index (χ0v) is 11.5. The lowest BCUT2D eigenvalue weighted by molar-refractivity contribution is -0.118. The maximum Gasteiger partial charge on any atom is 0.228 e. The number of amides is 1. The molecule has 0 saturated carbocycles. The van der Waals surface area contributed by atoms with E-state index in [0.717, 1.165) is 22.5 Å². The van der Waals surface area contributed by atoms with Crippen LogP contribution in [0.2, 0.25) is 0 Å². The second kappa shape index (κ2) is 5.44. The molecule has 0 aliphatic rings. The average molecular weight is 264 g/mol. The minimum atomic E-state index is -0.00726. The number of hydrogen-bond donors (Lipinski definition) is 1. The van der Waals surface area contributed by atoms with Crippen LogP contribution in [0.25, 0.3) is 11.0 Å². The van der Waals surface area contributed by atoms with Gasteiger partial charge in [-0.2, -0.15) is 11.8 Å². The van der Waals surface area contributed by atoms with Crippen LogP contribution in [0.15, 0.2) is 22.7 Å². The molecule has 4 nitrogen and oxygen atoms in total. The van der Waals surface area contributed by atoms with Gasteiger partial charge in [0.2, 0.25) is 5.91 Å². The van der Waals surface area contributed by atoms with E-state index in [-0.39, 0.29) is 11.8 Å². The van der Waals surface area contributed by atoms with Crippen molar-refractivity contribution >= 4 is 34.3 Å².